The van der Waals surface area contributed by atoms with Crippen molar-refractivity contribution in [2.45, 2.75) is 13.5 Å². The average molecular weight is 304 g/mol. The quantitative estimate of drug-likeness (QED) is 0.490. The Kier molecular flexibility index (Phi) is 7.19. The smallest absolute Gasteiger partial charge is 0.194 e. The van der Waals surface area contributed by atoms with Crippen LogP contribution in [-0.4, -0.2) is 68.7 Å². The van der Waals surface area contributed by atoms with Crippen molar-refractivity contribution in [3.63, 3.8) is 0 Å². The zero-order valence-corrected chi connectivity index (χ0v) is 13.8. The third kappa shape index (κ3) is 5.31. The Balaban J connectivity index is 1.82. The van der Waals surface area contributed by atoms with Crippen LogP contribution in [-0.2, 0) is 11.3 Å². The third-order valence-corrected chi connectivity index (χ3v) is 3.81. The zero-order valence-electron chi connectivity index (χ0n) is 13.8. The Morgan fingerprint density at radius 1 is 1.18 bits per heavy atom. The maximum atomic E-state index is 5.08. The second kappa shape index (κ2) is 9.43. The van der Waals surface area contributed by atoms with Crippen LogP contribution in [0.25, 0.3) is 0 Å². The van der Waals surface area contributed by atoms with Crippen LogP contribution >= 0.6 is 0 Å². The molecule has 0 bridgehead atoms. The molecular formula is C17H28N4O. The van der Waals surface area contributed by atoms with E-state index in [0.29, 0.717) is 13.2 Å². The molecule has 1 aliphatic rings. The van der Waals surface area contributed by atoms with Gasteiger partial charge in [0.2, 0.25) is 0 Å². The maximum absolute atomic E-state index is 5.08. The fraction of sp³-hybridized carbons (Fsp3) is 0.588. The Morgan fingerprint density at radius 3 is 2.55 bits per heavy atom. The van der Waals surface area contributed by atoms with Gasteiger partial charge in [-0.15, -0.1) is 0 Å². The monoisotopic (exact) mass is 304 g/mol. The molecule has 1 N–H and O–H groups in total. The lowest BCUT2D eigenvalue weighted by Gasteiger charge is -2.36. The van der Waals surface area contributed by atoms with Crippen molar-refractivity contribution in [1.82, 2.24) is 15.1 Å². The predicted octanol–water partition coefficient (Wildman–Crippen LogP) is 1.42. The number of hydrogen-bond acceptors (Lipinski definition) is 3. The summed E-state index contributed by atoms with van der Waals surface area (Å²) in [6.45, 7) is 9.61. The molecule has 1 saturated heterocycles. The molecule has 0 saturated carbocycles. The summed E-state index contributed by atoms with van der Waals surface area (Å²) in [5.74, 6) is 1.01. The van der Waals surface area contributed by atoms with Crippen molar-refractivity contribution in [3.8, 4) is 0 Å². The average Bonchev–Trinajstić information content (AvgIpc) is 2.56. The lowest BCUT2D eigenvalue weighted by Crippen LogP contribution is -2.52. The number of ether oxygens (including phenoxy) is 1. The van der Waals surface area contributed by atoms with Crippen molar-refractivity contribution in [2.75, 3.05) is 53.0 Å². The first kappa shape index (κ1) is 16.8. The number of guanidine groups is 1. The number of aliphatic imine (C=N–C) groups is 1. The van der Waals surface area contributed by atoms with Crippen LogP contribution in [0, 0.1) is 0 Å². The first-order valence-corrected chi connectivity index (χ1v) is 8.12. The minimum atomic E-state index is 0.670. The standard InChI is InChI=1S/C17H28N4O/c1-3-18-17(19-9-14-22-2)21-12-10-20(11-13-21)15-16-7-5-4-6-8-16/h4-8H,3,9-15H2,1-2H3,(H,18,19). The fourth-order valence-corrected chi connectivity index (χ4v) is 2.63. The second-order valence-electron chi connectivity index (χ2n) is 5.48. The van der Waals surface area contributed by atoms with Crippen molar-refractivity contribution in [2.24, 2.45) is 4.99 Å². The van der Waals surface area contributed by atoms with Gasteiger partial charge in [0.05, 0.1) is 13.2 Å². The number of hydrogen-bond donors (Lipinski definition) is 1. The molecule has 2 rings (SSSR count). The van der Waals surface area contributed by atoms with Gasteiger partial charge in [-0.3, -0.25) is 9.89 Å². The van der Waals surface area contributed by atoms with Gasteiger partial charge in [0, 0.05) is 46.4 Å². The van der Waals surface area contributed by atoms with Crippen LogP contribution in [0.3, 0.4) is 0 Å². The SMILES string of the molecule is CCNC(=NCCOC)N1CCN(Cc2ccccc2)CC1. The van der Waals surface area contributed by atoms with E-state index in [1.54, 1.807) is 7.11 Å². The van der Waals surface area contributed by atoms with E-state index in [9.17, 15) is 0 Å². The van der Waals surface area contributed by atoms with Gasteiger partial charge in [0.15, 0.2) is 5.96 Å². The van der Waals surface area contributed by atoms with Gasteiger partial charge < -0.3 is 15.0 Å². The topological polar surface area (TPSA) is 40.1 Å². The lowest BCUT2D eigenvalue weighted by atomic mass is 10.2. The molecule has 0 aromatic heterocycles. The highest BCUT2D eigenvalue weighted by atomic mass is 16.5. The Bertz CT molecular complexity index is 441. The van der Waals surface area contributed by atoms with E-state index in [1.165, 1.54) is 5.56 Å². The van der Waals surface area contributed by atoms with E-state index >= 15 is 0 Å². The molecule has 1 aromatic carbocycles. The molecule has 0 unspecified atom stereocenters. The van der Waals surface area contributed by atoms with Crippen LogP contribution in [0.1, 0.15) is 12.5 Å². The van der Waals surface area contributed by atoms with Crippen LogP contribution in [0.4, 0.5) is 0 Å². The van der Waals surface area contributed by atoms with E-state index in [2.05, 4.69) is 57.4 Å². The first-order chi connectivity index (χ1) is 10.8. The third-order valence-electron chi connectivity index (χ3n) is 3.81. The van der Waals surface area contributed by atoms with E-state index < -0.39 is 0 Å². The molecule has 0 amide bonds. The number of piperazine rings is 1. The van der Waals surface area contributed by atoms with Crippen LogP contribution in [0.15, 0.2) is 35.3 Å². The normalized spacial score (nSPS) is 16.8. The maximum Gasteiger partial charge on any atom is 0.194 e. The fourth-order valence-electron chi connectivity index (χ4n) is 2.63. The summed E-state index contributed by atoms with van der Waals surface area (Å²) in [6, 6.07) is 10.7. The molecular weight excluding hydrogens is 276 g/mol. The summed E-state index contributed by atoms with van der Waals surface area (Å²) in [5, 5.41) is 3.38. The number of rotatable bonds is 6. The lowest BCUT2D eigenvalue weighted by molar-refractivity contribution is 0.171. The van der Waals surface area contributed by atoms with Gasteiger partial charge in [-0.05, 0) is 12.5 Å². The molecule has 22 heavy (non-hydrogen) atoms. The Morgan fingerprint density at radius 2 is 1.91 bits per heavy atom. The molecule has 1 heterocycles. The summed E-state index contributed by atoms with van der Waals surface area (Å²) < 4.78 is 5.08. The molecule has 0 spiro atoms. The van der Waals surface area contributed by atoms with Crippen molar-refractivity contribution >= 4 is 5.96 Å². The molecule has 1 aliphatic heterocycles. The molecule has 0 aliphatic carbocycles. The Labute approximate surface area is 134 Å². The number of nitrogens with one attached hydrogen (secondary N) is 1. The summed E-state index contributed by atoms with van der Waals surface area (Å²) >= 11 is 0. The zero-order chi connectivity index (χ0) is 15.6. The molecule has 1 fully saturated rings. The number of methoxy groups -OCH3 is 1. The summed E-state index contributed by atoms with van der Waals surface area (Å²) in [7, 11) is 1.71. The van der Waals surface area contributed by atoms with E-state index in [0.717, 1.165) is 45.2 Å². The van der Waals surface area contributed by atoms with Crippen LogP contribution in [0.5, 0.6) is 0 Å². The predicted molar refractivity (Wildman–Crippen MR) is 91.1 cm³/mol. The minimum absolute atomic E-state index is 0.670. The number of nitrogens with zero attached hydrogens (tertiary/aromatic N) is 3. The molecule has 0 radical (unpaired) electrons. The highest BCUT2D eigenvalue weighted by Gasteiger charge is 2.19. The second-order valence-corrected chi connectivity index (χ2v) is 5.48. The van der Waals surface area contributed by atoms with Crippen LogP contribution < -0.4 is 5.32 Å². The Hall–Kier alpha value is -1.59. The number of benzene rings is 1. The van der Waals surface area contributed by atoms with Gasteiger partial charge in [0.25, 0.3) is 0 Å². The first-order valence-electron chi connectivity index (χ1n) is 8.12. The largest absolute Gasteiger partial charge is 0.383 e. The highest BCUT2D eigenvalue weighted by Crippen LogP contribution is 2.08. The van der Waals surface area contributed by atoms with Gasteiger partial charge in [-0.2, -0.15) is 0 Å². The van der Waals surface area contributed by atoms with Crippen LogP contribution in [0.2, 0.25) is 0 Å². The summed E-state index contributed by atoms with van der Waals surface area (Å²) in [6.07, 6.45) is 0. The van der Waals surface area contributed by atoms with Crippen molar-refractivity contribution < 1.29 is 4.74 Å². The van der Waals surface area contributed by atoms with Gasteiger partial charge in [-0.25, -0.2) is 0 Å². The molecule has 5 heteroatoms. The van der Waals surface area contributed by atoms with Crippen molar-refractivity contribution in [1.29, 1.82) is 0 Å². The highest BCUT2D eigenvalue weighted by molar-refractivity contribution is 5.80. The molecule has 122 valence electrons. The van der Waals surface area contributed by atoms with E-state index in [4.69, 9.17) is 4.74 Å². The van der Waals surface area contributed by atoms with E-state index in [1.807, 2.05) is 0 Å². The van der Waals surface area contributed by atoms with Gasteiger partial charge >= 0.3 is 0 Å². The molecule has 1 aromatic rings. The summed E-state index contributed by atoms with van der Waals surface area (Å²) in [4.78, 5) is 9.48. The molecule has 0 atom stereocenters. The van der Waals surface area contributed by atoms with Gasteiger partial charge in [-0.1, -0.05) is 30.3 Å². The van der Waals surface area contributed by atoms with E-state index in [-0.39, 0.29) is 0 Å². The molecule has 5 nitrogen and oxygen atoms in total. The summed E-state index contributed by atoms with van der Waals surface area (Å²) in [5.41, 5.74) is 1.39. The van der Waals surface area contributed by atoms with Crippen molar-refractivity contribution in [3.05, 3.63) is 35.9 Å². The van der Waals surface area contributed by atoms with Gasteiger partial charge in [0.1, 0.15) is 0 Å². The minimum Gasteiger partial charge on any atom is -0.383 e.